The number of H-pyrrole nitrogens is 1. The van der Waals surface area contributed by atoms with Crippen LogP contribution in [-0.4, -0.2) is 54.5 Å². The molecule has 12 nitrogen and oxygen atoms in total. The Morgan fingerprint density at radius 1 is 1.30 bits per heavy atom. The molecule has 0 radical (unpaired) electrons. The second kappa shape index (κ2) is 8.41. The number of benzene rings is 1. The zero-order valence-electron chi connectivity index (χ0n) is 16.2. The van der Waals surface area contributed by atoms with Gasteiger partial charge < -0.3 is 20.2 Å². The Bertz CT molecular complexity index is 1180. The predicted molar refractivity (Wildman–Crippen MR) is 106 cm³/mol. The highest BCUT2D eigenvalue weighted by Gasteiger charge is 2.25. The normalized spacial score (nSPS) is 11.1. The Morgan fingerprint density at radius 3 is 2.90 bits per heavy atom. The first-order valence-electron chi connectivity index (χ1n) is 9.06. The summed E-state index contributed by atoms with van der Waals surface area (Å²) in [6, 6.07) is 5.62. The molecule has 0 bridgehead atoms. The molecule has 30 heavy (non-hydrogen) atoms. The zero-order chi connectivity index (χ0) is 21.1. The molecule has 0 aliphatic heterocycles. The number of nitrogen functional groups attached to an aromatic ring is 1. The largest absolute Gasteiger partial charge is 0.494 e. The fourth-order valence-electron chi connectivity index (χ4n) is 2.72. The van der Waals surface area contributed by atoms with E-state index in [0.717, 1.165) is 16.8 Å². The molecule has 0 unspecified atom stereocenters. The molecule has 0 fully saturated rings. The van der Waals surface area contributed by atoms with Crippen LogP contribution in [0.25, 0.3) is 16.9 Å². The summed E-state index contributed by atoms with van der Waals surface area (Å²) in [6.07, 6.45) is 0. The van der Waals surface area contributed by atoms with Crippen LogP contribution in [0.5, 0.6) is 5.75 Å². The minimum atomic E-state index is -0.597. The maximum Gasteiger partial charge on any atom is 0.360 e. The van der Waals surface area contributed by atoms with Crippen LogP contribution in [-0.2, 0) is 10.5 Å². The van der Waals surface area contributed by atoms with Crippen molar-refractivity contribution in [3.05, 3.63) is 29.6 Å². The summed E-state index contributed by atoms with van der Waals surface area (Å²) in [7, 11) is 0. The third-order valence-electron chi connectivity index (χ3n) is 4.02. The molecule has 0 amide bonds. The number of hydrogen-bond acceptors (Lipinski definition) is 11. The summed E-state index contributed by atoms with van der Waals surface area (Å²) < 4.78 is 16.5. The molecular formula is C17H18N8O4S. The van der Waals surface area contributed by atoms with Gasteiger partial charge in [-0.25, -0.2) is 14.4 Å². The van der Waals surface area contributed by atoms with Gasteiger partial charge in [0.15, 0.2) is 10.9 Å². The molecule has 156 valence electrons. The van der Waals surface area contributed by atoms with E-state index in [1.165, 1.54) is 16.4 Å². The molecule has 0 aliphatic carbocycles. The monoisotopic (exact) mass is 430 g/mol. The van der Waals surface area contributed by atoms with Crippen LogP contribution >= 0.6 is 11.8 Å². The summed E-state index contributed by atoms with van der Waals surface area (Å²) in [5.41, 5.74) is 7.89. The average Bonchev–Trinajstić information content (AvgIpc) is 3.43. The molecule has 4 rings (SSSR count). The van der Waals surface area contributed by atoms with Crippen LogP contribution in [0, 0.1) is 0 Å². The van der Waals surface area contributed by atoms with Crippen molar-refractivity contribution in [3.63, 3.8) is 0 Å². The van der Waals surface area contributed by atoms with Crippen molar-refractivity contribution in [2.24, 2.45) is 0 Å². The average molecular weight is 430 g/mol. The lowest BCUT2D eigenvalue weighted by atomic mass is 10.3. The SMILES string of the molecule is CCOC(=O)c1nnn(-c2nonc2N)c1CSc1nc2ccc(OCC)cc2[nH]1. The lowest BCUT2D eigenvalue weighted by Gasteiger charge is -2.04. The van der Waals surface area contributed by atoms with Gasteiger partial charge in [0.05, 0.1) is 29.9 Å². The number of anilines is 1. The minimum absolute atomic E-state index is 0.0220. The number of carbonyl (C=O) groups excluding carboxylic acids is 1. The number of rotatable bonds is 8. The van der Waals surface area contributed by atoms with E-state index < -0.39 is 5.97 Å². The van der Waals surface area contributed by atoms with Gasteiger partial charge in [0.1, 0.15) is 5.75 Å². The molecule has 3 aromatic heterocycles. The molecule has 0 saturated heterocycles. The summed E-state index contributed by atoms with van der Waals surface area (Å²) in [6.45, 7) is 4.42. The molecule has 3 N–H and O–H groups in total. The van der Waals surface area contributed by atoms with E-state index in [2.05, 4.69) is 35.2 Å². The molecular weight excluding hydrogens is 412 g/mol. The van der Waals surface area contributed by atoms with Crippen LogP contribution in [0.3, 0.4) is 0 Å². The molecule has 0 aliphatic rings. The number of aromatic nitrogens is 7. The number of nitrogens with zero attached hydrogens (tertiary/aromatic N) is 6. The Kier molecular flexibility index (Phi) is 5.52. The van der Waals surface area contributed by atoms with E-state index in [1.54, 1.807) is 6.92 Å². The highest BCUT2D eigenvalue weighted by atomic mass is 32.2. The second-order valence-corrected chi connectivity index (χ2v) is 6.90. The Hall–Kier alpha value is -3.61. The summed E-state index contributed by atoms with van der Waals surface area (Å²) in [5, 5.41) is 15.8. The first-order chi connectivity index (χ1) is 14.6. The van der Waals surface area contributed by atoms with Crippen LogP contribution in [0.1, 0.15) is 30.0 Å². The number of carbonyl (C=O) groups is 1. The molecule has 13 heteroatoms. The van der Waals surface area contributed by atoms with Gasteiger partial charge in [-0.2, -0.15) is 4.68 Å². The van der Waals surface area contributed by atoms with Gasteiger partial charge >= 0.3 is 5.97 Å². The van der Waals surface area contributed by atoms with Gasteiger partial charge in [0, 0.05) is 11.8 Å². The fraction of sp³-hybridized carbons (Fsp3) is 0.294. The third kappa shape index (κ3) is 3.78. The van der Waals surface area contributed by atoms with Crippen molar-refractivity contribution in [3.8, 4) is 11.6 Å². The van der Waals surface area contributed by atoms with Gasteiger partial charge in [0.25, 0.3) is 0 Å². The lowest BCUT2D eigenvalue weighted by molar-refractivity contribution is 0.0518. The maximum atomic E-state index is 12.3. The van der Waals surface area contributed by atoms with Crippen LogP contribution in [0.4, 0.5) is 5.82 Å². The number of ether oxygens (including phenoxy) is 2. The van der Waals surface area contributed by atoms with E-state index in [4.69, 9.17) is 15.2 Å². The second-order valence-electron chi connectivity index (χ2n) is 5.93. The van der Waals surface area contributed by atoms with Crippen molar-refractivity contribution in [1.82, 2.24) is 35.3 Å². The van der Waals surface area contributed by atoms with E-state index in [-0.39, 0.29) is 29.7 Å². The van der Waals surface area contributed by atoms with E-state index in [9.17, 15) is 4.79 Å². The van der Waals surface area contributed by atoms with Gasteiger partial charge in [-0.15, -0.1) is 5.10 Å². The van der Waals surface area contributed by atoms with Crippen molar-refractivity contribution in [1.29, 1.82) is 0 Å². The minimum Gasteiger partial charge on any atom is -0.494 e. The summed E-state index contributed by atoms with van der Waals surface area (Å²) >= 11 is 1.35. The standard InChI is InChI=1S/C17H18N8O4S/c1-3-27-9-5-6-10-11(7-9)20-17(19-10)30-8-12-13(16(26)28-4-2)21-24-25(12)15-14(18)22-29-23-15/h5-7H,3-4,8H2,1-2H3,(H2,18,22)(H,19,20). The number of thioether (sulfide) groups is 1. The number of nitrogens with two attached hydrogens (primary N) is 1. The maximum absolute atomic E-state index is 12.3. The molecule has 3 heterocycles. The van der Waals surface area contributed by atoms with Crippen LogP contribution < -0.4 is 10.5 Å². The number of nitrogens with one attached hydrogen (secondary N) is 1. The van der Waals surface area contributed by atoms with Crippen molar-refractivity contribution in [2.75, 3.05) is 18.9 Å². The van der Waals surface area contributed by atoms with Gasteiger partial charge in [-0.05, 0) is 36.3 Å². The molecule has 0 atom stereocenters. The summed E-state index contributed by atoms with van der Waals surface area (Å²) in [4.78, 5) is 20.1. The van der Waals surface area contributed by atoms with Crippen LogP contribution in [0.2, 0.25) is 0 Å². The predicted octanol–water partition coefficient (Wildman–Crippen LogP) is 1.98. The molecule has 1 aromatic carbocycles. The molecule has 0 saturated carbocycles. The first kappa shape index (κ1) is 19.7. The molecule has 4 aromatic rings. The summed E-state index contributed by atoms with van der Waals surface area (Å²) in [5.74, 6) is 0.603. The Balaban J connectivity index is 1.63. The molecule has 0 spiro atoms. The van der Waals surface area contributed by atoms with Crippen molar-refractivity contribution >= 4 is 34.6 Å². The lowest BCUT2D eigenvalue weighted by Crippen LogP contribution is -2.10. The Labute approximate surface area is 174 Å². The highest BCUT2D eigenvalue weighted by molar-refractivity contribution is 7.98. The topological polar surface area (TPSA) is 160 Å². The fourth-order valence-corrected chi connectivity index (χ4v) is 3.60. The number of aromatic amines is 1. The van der Waals surface area contributed by atoms with Gasteiger partial charge in [-0.3, -0.25) is 0 Å². The highest BCUT2D eigenvalue weighted by Crippen LogP contribution is 2.27. The number of esters is 1. The van der Waals surface area contributed by atoms with E-state index in [0.29, 0.717) is 17.5 Å². The quantitative estimate of drug-likeness (QED) is 0.311. The van der Waals surface area contributed by atoms with Gasteiger partial charge in [-0.1, -0.05) is 17.0 Å². The Morgan fingerprint density at radius 2 is 2.17 bits per heavy atom. The number of fused-ring (bicyclic) bond motifs is 1. The zero-order valence-corrected chi connectivity index (χ0v) is 17.0. The smallest absolute Gasteiger partial charge is 0.360 e. The number of hydrogen-bond donors (Lipinski definition) is 2. The first-order valence-corrected chi connectivity index (χ1v) is 10.0. The van der Waals surface area contributed by atoms with Gasteiger partial charge in [0.2, 0.25) is 11.6 Å². The van der Waals surface area contributed by atoms with Crippen molar-refractivity contribution < 1.29 is 18.9 Å². The van der Waals surface area contributed by atoms with Crippen LogP contribution in [0.15, 0.2) is 28.0 Å². The van der Waals surface area contributed by atoms with E-state index >= 15 is 0 Å². The number of imidazole rings is 1. The van der Waals surface area contributed by atoms with Crippen molar-refractivity contribution in [2.45, 2.75) is 24.8 Å². The van der Waals surface area contributed by atoms with E-state index in [1.807, 2.05) is 25.1 Å². The third-order valence-corrected chi connectivity index (χ3v) is 4.90.